The first-order valence-electron chi connectivity index (χ1n) is 10.0. The molecule has 2 aromatic rings. The van der Waals surface area contributed by atoms with Gasteiger partial charge >= 0.3 is 0 Å². The number of hydrogen-bond acceptors (Lipinski definition) is 6. The van der Waals surface area contributed by atoms with Crippen molar-refractivity contribution in [2.45, 2.75) is 25.4 Å². The van der Waals surface area contributed by atoms with Gasteiger partial charge < -0.3 is 20.3 Å². The van der Waals surface area contributed by atoms with Crippen LogP contribution in [0.4, 0.5) is 5.13 Å². The fourth-order valence-electron chi connectivity index (χ4n) is 3.51. The van der Waals surface area contributed by atoms with Crippen LogP contribution in [0.5, 0.6) is 5.75 Å². The quantitative estimate of drug-likeness (QED) is 0.510. The fraction of sp³-hybridized carbons (Fsp3) is 0.524. The van der Waals surface area contributed by atoms with E-state index >= 15 is 0 Å². The Hall–Kier alpha value is -2.32. The molecule has 0 saturated carbocycles. The summed E-state index contributed by atoms with van der Waals surface area (Å²) in [7, 11) is 7.52. The molecule has 29 heavy (non-hydrogen) atoms. The van der Waals surface area contributed by atoms with Gasteiger partial charge in [-0.2, -0.15) is 0 Å². The van der Waals surface area contributed by atoms with Gasteiger partial charge in [0.25, 0.3) is 0 Å². The highest BCUT2D eigenvalue weighted by Crippen LogP contribution is 2.26. The first-order chi connectivity index (χ1) is 14.1. The van der Waals surface area contributed by atoms with E-state index in [1.165, 1.54) is 18.4 Å². The van der Waals surface area contributed by atoms with Gasteiger partial charge in [-0.15, -0.1) is 11.3 Å². The molecule has 1 aliphatic rings. The van der Waals surface area contributed by atoms with Crippen LogP contribution < -0.4 is 20.3 Å². The summed E-state index contributed by atoms with van der Waals surface area (Å²) in [5.41, 5.74) is 2.32. The maximum atomic E-state index is 5.31. The van der Waals surface area contributed by atoms with E-state index in [2.05, 4.69) is 43.0 Å². The van der Waals surface area contributed by atoms with Crippen molar-refractivity contribution in [1.82, 2.24) is 20.5 Å². The van der Waals surface area contributed by atoms with E-state index in [-0.39, 0.29) is 0 Å². The van der Waals surface area contributed by atoms with Crippen LogP contribution in [0.3, 0.4) is 0 Å². The second-order valence-corrected chi connectivity index (χ2v) is 8.19. The number of methoxy groups -OCH3 is 1. The average Bonchev–Trinajstić information content (AvgIpc) is 3.43. The van der Waals surface area contributed by atoms with Crippen LogP contribution >= 0.6 is 11.3 Å². The molecule has 1 aliphatic heterocycles. The zero-order chi connectivity index (χ0) is 20.6. The van der Waals surface area contributed by atoms with Crippen molar-refractivity contribution in [2.24, 2.45) is 4.99 Å². The van der Waals surface area contributed by atoms with Crippen molar-refractivity contribution in [3.05, 3.63) is 40.9 Å². The van der Waals surface area contributed by atoms with E-state index in [1.54, 1.807) is 25.5 Å². The van der Waals surface area contributed by atoms with Crippen LogP contribution in [0.2, 0.25) is 0 Å². The number of ether oxygens (including phenoxy) is 1. The van der Waals surface area contributed by atoms with E-state index < -0.39 is 0 Å². The van der Waals surface area contributed by atoms with Crippen LogP contribution in [-0.4, -0.2) is 63.7 Å². The zero-order valence-electron chi connectivity index (χ0n) is 17.8. The molecule has 1 unspecified atom stereocenters. The van der Waals surface area contributed by atoms with Crippen molar-refractivity contribution in [3.8, 4) is 5.75 Å². The Balaban J connectivity index is 1.60. The molecule has 1 fully saturated rings. The molecule has 0 bridgehead atoms. The Kier molecular flexibility index (Phi) is 7.71. The molecule has 0 aliphatic carbocycles. The SMILES string of the molecule is CN=C(NCc1csc(N(C)C)n1)NCC(c1ccc(OC)cc1)N1CCCC1. The highest BCUT2D eigenvalue weighted by atomic mass is 32.1. The molecule has 158 valence electrons. The number of aromatic nitrogens is 1. The molecule has 1 aromatic heterocycles. The molecule has 8 heteroatoms. The third-order valence-corrected chi connectivity index (χ3v) is 6.18. The fourth-order valence-corrected chi connectivity index (χ4v) is 4.27. The van der Waals surface area contributed by atoms with Gasteiger partial charge in [-0.25, -0.2) is 4.98 Å². The Morgan fingerprint density at radius 3 is 2.55 bits per heavy atom. The first-order valence-corrected chi connectivity index (χ1v) is 10.9. The molecule has 0 radical (unpaired) electrons. The van der Waals surface area contributed by atoms with E-state index in [0.29, 0.717) is 12.6 Å². The molecule has 2 N–H and O–H groups in total. The number of hydrogen-bond donors (Lipinski definition) is 2. The van der Waals surface area contributed by atoms with Crippen LogP contribution in [-0.2, 0) is 6.54 Å². The number of thiazole rings is 1. The number of likely N-dealkylation sites (tertiary alicyclic amines) is 1. The number of nitrogens with one attached hydrogen (secondary N) is 2. The third-order valence-electron chi connectivity index (χ3n) is 5.13. The van der Waals surface area contributed by atoms with E-state index in [0.717, 1.165) is 42.2 Å². The van der Waals surface area contributed by atoms with Gasteiger partial charge in [0, 0.05) is 33.1 Å². The van der Waals surface area contributed by atoms with Crippen LogP contribution in [0.1, 0.15) is 30.1 Å². The van der Waals surface area contributed by atoms with Crippen molar-refractivity contribution < 1.29 is 4.74 Å². The summed E-state index contributed by atoms with van der Waals surface area (Å²) in [5, 5.41) is 9.98. The Morgan fingerprint density at radius 1 is 1.24 bits per heavy atom. The lowest BCUT2D eigenvalue weighted by atomic mass is 10.1. The van der Waals surface area contributed by atoms with Crippen molar-refractivity contribution in [1.29, 1.82) is 0 Å². The topological polar surface area (TPSA) is 65.0 Å². The highest BCUT2D eigenvalue weighted by Gasteiger charge is 2.23. The molecule has 1 aromatic carbocycles. The van der Waals surface area contributed by atoms with Gasteiger partial charge in [-0.3, -0.25) is 9.89 Å². The summed E-state index contributed by atoms with van der Waals surface area (Å²) < 4.78 is 5.31. The third kappa shape index (κ3) is 5.83. The Bertz CT molecular complexity index is 783. The molecule has 1 atom stereocenters. The number of benzene rings is 1. The minimum Gasteiger partial charge on any atom is -0.497 e. The normalized spacial score (nSPS) is 15.9. The van der Waals surface area contributed by atoms with Gasteiger partial charge in [-0.05, 0) is 43.6 Å². The summed E-state index contributed by atoms with van der Waals surface area (Å²) >= 11 is 1.65. The number of guanidine groups is 1. The Morgan fingerprint density at radius 2 is 1.97 bits per heavy atom. The maximum Gasteiger partial charge on any atom is 0.191 e. The van der Waals surface area contributed by atoms with E-state index in [1.807, 2.05) is 31.1 Å². The summed E-state index contributed by atoms with van der Waals surface area (Å²) in [6, 6.07) is 8.71. The van der Waals surface area contributed by atoms with Crippen molar-refractivity contribution in [3.63, 3.8) is 0 Å². The van der Waals surface area contributed by atoms with Gasteiger partial charge in [0.1, 0.15) is 5.75 Å². The predicted octanol–water partition coefficient (Wildman–Crippen LogP) is 2.72. The highest BCUT2D eigenvalue weighted by molar-refractivity contribution is 7.13. The number of nitrogens with zero attached hydrogens (tertiary/aromatic N) is 4. The van der Waals surface area contributed by atoms with Crippen LogP contribution in [0.15, 0.2) is 34.6 Å². The van der Waals surface area contributed by atoms with Gasteiger partial charge in [-0.1, -0.05) is 12.1 Å². The number of anilines is 1. The van der Waals surface area contributed by atoms with Crippen molar-refractivity contribution in [2.75, 3.05) is 52.8 Å². The average molecular weight is 417 g/mol. The van der Waals surface area contributed by atoms with E-state index in [9.17, 15) is 0 Å². The summed E-state index contributed by atoms with van der Waals surface area (Å²) in [4.78, 5) is 13.6. The first kappa shape index (κ1) is 21.4. The molecule has 3 rings (SSSR count). The second kappa shape index (κ2) is 10.5. The molecule has 1 saturated heterocycles. The Labute approximate surface area is 177 Å². The summed E-state index contributed by atoms with van der Waals surface area (Å²) in [6.07, 6.45) is 2.52. The van der Waals surface area contributed by atoms with Gasteiger partial charge in [0.15, 0.2) is 11.1 Å². The smallest absolute Gasteiger partial charge is 0.191 e. The largest absolute Gasteiger partial charge is 0.497 e. The van der Waals surface area contributed by atoms with E-state index in [4.69, 9.17) is 4.74 Å². The lowest BCUT2D eigenvalue weighted by Gasteiger charge is -2.29. The summed E-state index contributed by atoms with van der Waals surface area (Å²) in [6.45, 7) is 3.72. The minimum atomic E-state index is 0.307. The zero-order valence-corrected chi connectivity index (χ0v) is 18.6. The molecular weight excluding hydrogens is 384 g/mol. The molecule has 2 heterocycles. The molecule has 0 spiro atoms. The van der Waals surface area contributed by atoms with Gasteiger partial charge in [0.05, 0.1) is 25.4 Å². The number of rotatable bonds is 8. The predicted molar refractivity (Wildman–Crippen MR) is 121 cm³/mol. The van der Waals surface area contributed by atoms with Crippen LogP contribution in [0, 0.1) is 0 Å². The monoisotopic (exact) mass is 416 g/mol. The lowest BCUT2D eigenvalue weighted by molar-refractivity contribution is 0.245. The van der Waals surface area contributed by atoms with Gasteiger partial charge in [0.2, 0.25) is 0 Å². The van der Waals surface area contributed by atoms with Crippen molar-refractivity contribution >= 4 is 22.4 Å². The number of aliphatic imine (C=N–C) groups is 1. The summed E-state index contributed by atoms with van der Waals surface area (Å²) in [5.74, 6) is 1.68. The van der Waals surface area contributed by atoms with Crippen LogP contribution in [0.25, 0.3) is 0 Å². The molecule has 0 amide bonds. The standard InChI is InChI=1S/C21H32N6OS/c1-22-20(23-13-17-15-29-21(25-17)26(2)3)24-14-19(27-11-5-6-12-27)16-7-9-18(28-4)10-8-16/h7-10,15,19H,5-6,11-14H2,1-4H3,(H2,22,23,24). The molecule has 7 nitrogen and oxygen atoms in total. The second-order valence-electron chi connectivity index (χ2n) is 7.35. The lowest BCUT2D eigenvalue weighted by Crippen LogP contribution is -2.42. The minimum absolute atomic E-state index is 0.307. The molecular formula is C21H32N6OS. The maximum absolute atomic E-state index is 5.31.